The summed E-state index contributed by atoms with van der Waals surface area (Å²) < 4.78 is 0. The minimum atomic E-state index is -0.271. The normalized spacial score (nSPS) is 15.7. The van der Waals surface area contributed by atoms with E-state index in [9.17, 15) is 5.11 Å². The maximum Gasteiger partial charge on any atom is 0.0577 e. The molecule has 0 radical (unpaired) electrons. The van der Waals surface area contributed by atoms with Crippen LogP contribution in [0.15, 0.2) is 24.3 Å². The zero-order chi connectivity index (χ0) is 9.14. The van der Waals surface area contributed by atoms with Gasteiger partial charge in [0, 0.05) is 5.92 Å². The predicted octanol–water partition coefficient (Wildman–Crippen LogP) is 2.48. The summed E-state index contributed by atoms with van der Waals surface area (Å²) >= 11 is 0. The molecule has 12 heavy (non-hydrogen) atoms. The molecule has 0 aliphatic rings. The van der Waals surface area contributed by atoms with E-state index < -0.39 is 0 Å². The van der Waals surface area contributed by atoms with Crippen molar-refractivity contribution in [2.45, 2.75) is 32.8 Å². The van der Waals surface area contributed by atoms with Gasteiger partial charge in [0.2, 0.25) is 0 Å². The van der Waals surface area contributed by atoms with Gasteiger partial charge in [-0.1, -0.05) is 36.8 Å². The number of hydrogen-bond donors (Lipinski definition) is 1. The Morgan fingerprint density at radius 2 is 1.92 bits per heavy atom. The van der Waals surface area contributed by atoms with Gasteiger partial charge in [0.15, 0.2) is 0 Å². The third kappa shape index (κ3) is 2.08. The van der Waals surface area contributed by atoms with Crippen LogP contribution < -0.4 is 0 Å². The first kappa shape index (κ1) is 9.27. The van der Waals surface area contributed by atoms with Crippen LogP contribution in [0.1, 0.15) is 30.9 Å². The first-order chi connectivity index (χ1) is 5.61. The summed E-state index contributed by atoms with van der Waals surface area (Å²) in [7, 11) is 0. The van der Waals surface area contributed by atoms with Crippen molar-refractivity contribution in [1.29, 1.82) is 0 Å². The summed E-state index contributed by atoms with van der Waals surface area (Å²) in [6.07, 6.45) is -0.271. The second-order valence-corrected chi connectivity index (χ2v) is 3.44. The first-order valence-electron chi connectivity index (χ1n) is 4.36. The molecular weight excluding hydrogens is 148 g/mol. The van der Waals surface area contributed by atoms with Crippen LogP contribution in [0.3, 0.4) is 0 Å². The molecule has 1 aromatic carbocycles. The van der Waals surface area contributed by atoms with E-state index in [1.54, 1.807) is 0 Å². The predicted molar refractivity (Wildman–Crippen MR) is 51.3 cm³/mol. The Kier molecular flexibility index (Phi) is 2.88. The standard InChI is InChI=1S/C11H16O/c1-8-5-4-6-11(7-8)9(2)10(3)12/h4-7,9-10,12H,1-3H3/t9-,10-/m0/s1. The number of hydrogen-bond acceptors (Lipinski definition) is 1. The highest BCUT2D eigenvalue weighted by atomic mass is 16.3. The highest BCUT2D eigenvalue weighted by Gasteiger charge is 2.10. The lowest BCUT2D eigenvalue weighted by Gasteiger charge is -2.15. The summed E-state index contributed by atoms with van der Waals surface area (Å²) in [6.45, 7) is 5.94. The molecule has 0 heterocycles. The first-order valence-corrected chi connectivity index (χ1v) is 4.36. The molecular formula is C11H16O. The van der Waals surface area contributed by atoms with E-state index in [0.717, 1.165) is 0 Å². The van der Waals surface area contributed by atoms with Crippen molar-refractivity contribution < 1.29 is 5.11 Å². The Balaban J connectivity index is 2.88. The summed E-state index contributed by atoms with van der Waals surface area (Å²) in [5.74, 6) is 0.227. The van der Waals surface area contributed by atoms with Gasteiger partial charge in [-0.3, -0.25) is 0 Å². The maximum absolute atomic E-state index is 9.37. The number of aliphatic hydroxyl groups excluding tert-OH is 1. The van der Waals surface area contributed by atoms with E-state index in [1.165, 1.54) is 11.1 Å². The van der Waals surface area contributed by atoms with Crippen molar-refractivity contribution in [3.05, 3.63) is 35.4 Å². The van der Waals surface area contributed by atoms with E-state index >= 15 is 0 Å². The highest BCUT2D eigenvalue weighted by molar-refractivity contribution is 5.25. The smallest absolute Gasteiger partial charge is 0.0577 e. The van der Waals surface area contributed by atoms with Crippen molar-refractivity contribution in [3.63, 3.8) is 0 Å². The molecule has 1 heteroatoms. The topological polar surface area (TPSA) is 20.2 Å². The molecule has 0 bridgehead atoms. The second-order valence-electron chi connectivity index (χ2n) is 3.44. The van der Waals surface area contributed by atoms with Crippen LogP contribution >= 0.6 is 0 Å². The average Bonchev–Trinajstić information content (AvgIpc) is 2.03. The molecule has 0 unspecified atom stereocenters. The monoisotopic (exact) mass is 164 g/mol. The Morgan fingerprint density at radius 1 is 1.25 bits per heavy atom. The number of rotatable bonds is 2. The largest absolute Gasteiger partial charge is 0.393 e. The number of benzene rings is 1. The Labute approximate surface area is 74.1 Å². The summed E-state index contributed by atoms with van der Waals surface area (Å²) in [6, 6.07) is 8.28. The number of aliphatic hydroxyl groups is 1. The fourth-order valence-electron chi connectivity index (χ4n) is 1.23. The third-order valence-electron chi connectivity index (χ3n) is 2.29. The molecule has 1 N–H and O–H groups in total. The quantitative estimate of drug-likeness (QED) is 0.712. The van der Waals surface area contributed by atoms with E-state index in [0.29, 0.717) is 0 Å². The lowest BCUT2D eigenvalue weighted by molar-refractivity contribution is 0.169. The minimum Gasteiger partial charge on any atom is -0.393 e. The number of aryl methyl sites for hydroxylation is 1. The molecule has 2 atom stereocenters. The fourth-order valence-corrected chi connectivity index (χ4v) is 1.23. The molecule has 0 amide bonds. The Bertz CT molecular complexity index is 253. The fraction of sp³-hybridized carbons (Fsp3) is 0.455. The van der Waals surface area contributed by atoms with Gasteiger partial charge in [-0.05, 0) is 19.4 Å². The van der Waals surface area contributed by atoms with Gasteiger partial charge < -0.3 is 5.11 Å². The molecule has 66 valence electrons. The van der Waals surface area contributed by atoms with Gasteiger partial charge in [-0.25, -0.2) is 0 Å². The van der Waals surface area contributed by atoms with Gasteiger partial charge in [0.25, 0.3) is 0 Å². The molecule has 0 aromatic heterocycles. The molecule has 1 aromatic rings. The SMILES string of the molecule is Cc1cccc([C@@H](C)[C@H](C)O)c1. The van der Waals surface area contributed by atoms with Crippen LogP contribution in [0, 0.1) is 6.92 Å². The van der Waals surface area contributed by atoms with Crippen LogP contribution in [0.25, 0.3) is 0 Å². The van der Waals surface area contributed by atoms with Crippen LogP contribution in [-0.2, 0) is 0 Å². The van der Waals surface area contributed by atoms with Gasteiger partial charge in [-0.15, -0.1) is 0 Å². The Morgan fingerprint density at radius 3 is 2.42 bits per heavy atom. The molecule has 1 rings (SSSR count). The van der Waals surface area contributed by atoms with Gasteiger partial charge in [0.05, 0.1) is 6.10 Å². The van der Waals surface area contributed by atoms with Crippen LogP contribution in [0.5, 0.6) is 0 Å². The third-order valence-corrected chi connectivity index (χ3v) is 2.29. The van der Waals surface area contributed by atoms with Crippen LogP contribution in [0.2, 0.25) is 0 Å². The van der Waals surface area contributed by atoms with Crippen molar-refractivity contribution in [2.75, 3.05) is 0 Å². The summed E-state index contributed by atoms with van der Waals surface area (Å²) in [5.41, 5.74) is 2.46. The molecule has 0 saturated heterocycles. The van der Waals surface area contributed by atoms with E-state index in [-0.39, 0.29) is 12.0 Å². The van der Waals surface area contributed by atoms with E-state index in [2.05, 4.69) is 25.1 Å². The lowest BCUT2D eigenvalue weighted by Crippen LogP contribution is -2.10. The summed E-state index contributed by atoms with van der Waals surface area (Å²) in [4.78, 5) is 0. The van der Waals surface area contributed by atoms with Gasteiger partial charge in [0.1, 0.15) is 0 Å². The molecule has 0 fully saturated rings. The van der Waals surface area contributed by atoms with Gasteiger partial charge in [-0.2, -0.15) is 0 Å². The lowest BCUT2D eigenvalue weighted by atomic mass is 9.95. The average molecular weight is 164 g/mol. The van der Waals surface area contributed by atoms with Gasteiger partial charge >= 0.3 is 0 Å². The van der Waals surface area contributed by atoms with Crippen LogP contribution in [-0.4, -0.2) is 11.2 Å². The minimum absolute atomic E-state index is 0.227. The second kappa shape index (κ2) is 3.72. The zero-order valence-electron chi connectivity index (χ0n) is 7.91. The summed E-state index contributed by atoms with van der Waals surface area (Å²) in [5, 5.41) is 9.37. The van der Waals surface area contributed by atoms with E-state index in [1.807, 2.05) is 19.9 Å². The Hall–Kier alpha value is -0.820. The maximum atomic E-state index is 9.37. The zero-order valence-corrected chi connectivity index (χ0v) is 7.91. The van der Waals surface area contributed by atoms with Crippen LogP contribution in [0.4, 0.5) is 0 Å². The molecule has 0 saturated carbocycles. The van der Waals surface area contributed by atoms with Crippen molar-refractivity contribution >= 4 is 0 Å². The highest BCUT2D eigenvalue weighted by Crippen LogP contribution is 2.19. The molecule has 0 aliphatic heterocycles. The molecule has 0 spiro atoms. The van der Waals surface area contributed by atoms with Crippen molar-refractivity contribution in [2.24, 2.45) is 0 Å². The molecule has 0 aliphatic carbocycles. The van der Waals surface area contributed by atoms with E-state index in [4.69, 9.17) is 0 Å². The molecule has 1 nitrogen and oxygen atoms in total. The van der Waals surface area contributed by atoms with Crippen molar-refractivity contribution in [1.82, 2.24) is 0 Å². The van der Waals surface area contributed by atoms with Crippen molar-refractivity contribution in [3.8, 4) is 0 Å².